The molecule has 1 aromatic carbocycles. The molecule has 0 unspecified atom stereocenters. The Morgan fingerprint density at radius 1 is 1.17 bits per heavy atom. The maximum Gasteiger partial charge on any atom is 0.414 e. The number of ether oxygens (including phenoxy) is 1. The van der Waals surface area contributed by atoms with E-state index in [0.717, 1.165) is 92.3 Å². The molecular formula is C28H36N4O4. The Kier molecular flexibility index (Phi) is 6.92. The number of aliphatic carboxylic acids is 1. The van der Waals surface area contributed by atoms with Crippen LogP contribution in [0.5, 0.6) is 0 Å². The third-order valence-corrected chi connectivity index (χ3v) is 8.76. The molecule has 5 rings (SSSR count). The molecule has 2 aliphatic carbocycles. The molecule has 1 N–H and O–H groups in total. The lowest BCUT2D eigenvalue weighted by atomic mass is 9.81. The van der Waals surface area contributed by atoms with E-state index >= 15 is 0 Å². The second-order valence-corrected chi connectivity index (χ2v) is 11.0. The van der Waals surface area contributed by atoms with Gasteiger partial charge in [0.05, 0.1) is 35.8 Å². The van der Waals surface area contributed by atoms with Crippen molar-refractivity contribution in [1.29, 1.82) is 5.26 Å². The van der Waals surface area contributed by atoms with Crippen LogP contribution in [0.2, 0.25) is 0 Å². The number of carboxylic acids is 1. The quantitative estimate of drug-likeness (QED) is 0.592. The molecule has 8 heteroatoms. The van der Waals surface area contributed by atoms with Crippen molar-refractivity contribution in [2.45, 2.75) is 89.6 Å². The first-order valence-corrected chi connectivity index (χ1v) is 13.4. The van der Waals surface area contributed by atoms with Gasteiger partial charge >= 0.3 is 12.1 Å². The van der Waals surface area contributed by atoms with Crippen molar-refractivity contribution in [2.24, 2.45) is 17.8 Å². The van der Waals surface area contributed by atoms with E-state index < -0.39 is 5.97 Å². The molecule has 192 valence electrons. The molecule has 2 heterocycles. The van der Waals surface area contributed by atoms with Crippen LogP contribution in [0.1, 0.15) is 82.1 Å². The van der Waals surface area contributed by atoms with Crippen LogP contribution < -0.4 is 4.90 Å². The van der Waals surface area contributed by atoms with Crippen LogP contribution in [0.3, 0.4) is 0 Å². The number of carbonyl (C=O) groups excluding carboxylic acids is 1. The maximum atomic E-state index is 12.6. The Labute approximate surface area is 212 Å². The number of amides is 1. The topological polar surface area (TPSA) is 108 Å². The van der Waals surface area contributed by atoms with Gasteiger partial charge in [-0.3, -0.25) is 9.69 Å². The van der Waals surface area contributed by atoms with Gasteiger partial charge in [-0.25, -0.2) is 9.78 Å². The molecular weight excluding hydrogens is 456 g/mol. The number of fused-ring (bicyclic) bond motifs is 3. The van der Waals surface area contributed by atoms with E-state index in [1.165, 1.54) is 7.11 Å². The van der Waals surface area contributed by atoms with E-state index in [1.54, 1.807) is 4.90 Å². The summed E-state index contributed by atoms with van der Waals surface area (Å²) < 4.78 is 7.42. The fraction of sp³-hybridized carbons (Fsp3) is 0.643. The molecule has 0 saturated heterocycles. The zero-order chi connectivity index (χ0) is 25.4. The fourth-order valence-corrected chi connectivity index (χ4v) is 6.75. The molecule has 1 amide bonds. The van der Waals surface area contributed by atoms with Gasteiger partial charge in [-0.1, -0.05) is 6.42 Å². The summed E-state index contributed by atoms with van der Waals surface area (Å²) in [6, 6.07) is 6.66. The van der Waals surface area contributed by atoms with Crippen molar-refractivity contribution in [1.82, 2.24) is 9.55 Å². The minimum absolute atomic E-state index is 0.0499. The molecule has 2 aromatic rings. The lowest BCUT2D eigenvalue weighted by Gasteiger charge is -2.34. The first-order valence-electron chi connectivity index (χ1n) is 13.4. The predicted octanol–water partition coefficient (Wildman–Crippen LogP) is 5.63. The van der Waals surface area contributed by atoms with Crippen LogP contribution in [-0.2, 0) is 22.4 Å². The number of carboxylic acid groups (broad SMARTS) is 1. The molecule has 1 aromatic heterocycles. The number of nitrogens with zero attached hydrogens (tertiary/aromatic N) is 4. The summed E-state index contributed by atoms with van der Waals surface area (Å²) in [4.78, 5) is 31.4. The third kappa shape index (κ3) is 4.44. The number of hydrogen-bond donors (Lipinski definition) is 1. The highest BCUT2D eigenvalue weighted by Gasteiger charge is 2.35. The van der Waals surface area contributed by atoms with Gasteiger partial charge in [-0.05, 0) is 82.8 Å². The van der Waals surface area contributed by atoms with Crippen molar-refractivity contribution in [3.8, 4) is 6.07 Å². The van der Waals surface area contributed by atoms with Crippen LogP contribution >= 0.6 is 0 Å². The van der Waals surface area contributed by atoms with Crippen molar-refractivity contribution in [2.75, 3.05) is 12.0 Å². The zero-order valence-corrected chi connectivity index (χ0v) is 21.3. The van der Waals surface area contributed by atoms with E-state index in [-0.39, 0.29) is 30.0 Å². The average molecular weight is 493 g/mol. The van der Waals surface area contributed by atoms with Crippen molar-refractivity contribution >= 4 is 28.8 Å². The van der Waals surface area contributed by atoms with Gasteiger partial charge in [0.1, 0.15) is 5.82 Å². The van der Waals surface area contributed by atoms with Crippen LogP contribution in [0.15, 0.2) is 12.1 Å². The number of methoxy groups -OCH3 is 1. The van der Waals surface area contributed by atoms with E-state index in [2.05, 4.69) is 16.7 Å². The van der Waals surface area contributed by atoms with Gasteiger partial charge in [0, 0.05) is 30.0 Å². The molecule has 2 saturated carbocycles. The molecule has 8 nitrogen and oxygen atoms in total. The van der Waals surface area contributed by atoms with Gasteiger partial charge in [0.15, 0.2) is 0 Å². The predicted molar refractivity (Wildman–Crippen MR) is 136 cm³/mol. The van der Waals surface area contributed by atoms with Gasteiger partial charge in [0.2, 0.25) is 0 Å². The van der Waals surface area contributed by atoms with Gasteiger partial charge < -0.3 is 14.4 Å². The van der Waals surface area contributed by atoms with Crippen molar-refractivity contribution in [3.63, 3.8) is 0 Å². The largest absolute Gasteiger partial charge is 0.481 e. The standard InChI is InChI=1S/C28H36N4O4/c1-17-6-11-22-23(31(17)28(35)36-2)12-13-24-26(22)30-25(14-18-7-9-19(16-29)10-8-18)32(24)21-5-3-4-20(15-21)27(33)34/h12-13,17-21H,3-11,14-15H2,1-2H3,(H,33,34)/t17-,18?,19?,20+,21+/m0/s1. The number of benzene rings is 1. The maximum absolute atomic E-state index is 12.6. The molecule has 3 atom stereocenters. The van der Waals surface area contributed by atoms with E-state index in [1.807, 2.05) is 13.0 Å². The third-order valence-electron chi connectivity index (χ3n) is 8.76. The number of anilines is 1. The zero-order valence-electron chi connectivity index (χ0n) is 21.3. The first kappa shape index (κ1) is 24.6. The normalized spacial score (nSPS) is 28.4. The summed E-state index contributed by atoms with van der Waals surface area (Å²) in [6.07, 6.45) is 9.29. The minimum Gasteiger partial charge on any atom is -0.481 e. The highest BCUT2D eigenvalue weighted by Crippen LogP contribution is 2.41. The second-order valence-electron chi connectivity index (χ2n) is 11.0. The number of imidazole rings is 1. The van der Waals surface area contributed by atoms with Crippen molar-refractivity contribution < 1.29 is 19.4 Å². The summed E-state index contributed by atoms with van der Waals surface area (Å²) >= 11 is 0. The SMILES string of the molecule is COC(=O)N1c2ccc3c(nc(CC4CCC(C#N)CC4)n3[C@@H]3CCC[C@@H](C(=O)O)C3)c2CC[C@@H]1C. The highest BCUT2D eigenvalue weighted by atomic mass is 16.5. The second kappa shape index (κ2) is 10.1. The van der Waals surface area contributed by atoms with Gasteiger partial charge in [-0.15, -0.1) is 0 Å². The van der Waals surface area contributed by atoms with Gasteiger partial charge in [0.25, 0.3) is 0 Å². The number of rotatable bonds is 4. The number of aromatic nitrogens is 2. The lowest BCUT2D eigenvalue weighted by Crippen LogP contribution is -2.42. The highest BCUT2D eigenvalue weighted by molar-refractivity contribution is 5.95. The Morgan fingerprint density at radius 2 is 1.94 bits per heavy atom. The Bertz CT molecular complexity index is 1190. The summed E-state index contributed by atoms with van der Waals surface area (Å²) in [5, 5.41) is 19.0. The van der Waals surface area contributed by atoms with E-state index in [9.17, 15) is 20.0 Å². The summed E-state index contributed by atoms with van der Waals surface area (Å²) in [5.41, 5.74) is 3.93. The number of nitriles is 1. The van der Waals surface area contributed by atoms with Crippen LogP contribution in [0, 0.1) is 29.1 Å². The molecule has 36 heavy (non-hydrogen) atoms. The molecule has 0 radical (unpaired) electrons. The number of aryl methyl sites for hydroxylation is 1. The minimum atomic E-state index is -0.708. The average Bonchev–Trinajstić information content (AvgIpc) is 3.26. The summed E-state index contributed by atoms with van der Waals surface area (Å²) in [7, 11) is 1.41. The molecule has 1 aliphatic heterocycles. The van der Waals surface area contributed by atoms with Crippen LogP contribution in [0.25, 0.3) is 11.0 Å². The molecule has 2 fully saturated rings. The Morgan fingerprint density at radius 3 is 2.64 bits per heavy atom. The summed E-state index contributed by atoms with van der Waals surface area (Å²) in [6.45, 7) is 2.04. The van der Waals surface area contributed by atoms with E-state index in [4.69, 9.17) is 9.72 Å². The monoisotopic (exact) mass is 492 g/mol. The molecule has 0 spiro atoms. The first-order chi connectivity index (χ1) is 17.4. The van der Waals surface area contributed by atoms with E-state index in [0.29, 0.717) is 12.3 Å². The van der Waals surface area contributed by atoms with Gasteiger partial charge in [-0.2, -0.15) is 5.26 Å². The Balaban J connectivity index is 1.57. The molecule has 3 aliphatic rings. The fourth-order valence-electron chi connectivity index (χ4n) is 6.75. The summed E-state index contributed by atoms with van der Waals surface area (Å²) in [5.74, 6) is 0.631. The lowest BCUT2D eigenvalue weighted by molar-refractivity contribution is -0.143. The number of carbonyl (C=O) groups is 2. The molecule has 0 bridgehead atoms. The van der Waals surface area contributed by atoms with Crippen LogP contribution in [-0.4, -0.2) is 39.9 Å². The smallest absolute Gasteiger partial charge is 0.414 e. The van der Waals surface area contributed by atoms with Crippen molar-refractivity contribution in [3.05, 3.63) is 23.5 Å². The number of hydrogen-bond acceptors (Lipinski definition) is 5. The Hall–Kier alpha value is -3.08. The van der Waals surface area contributed by atoms with Crippen LogP contribution in [0.4, 0.5) is 10.5 Å².